The van der Waals surface area contributed by atoms with Gasteiger partial charge in [0, 0.05) is 4.88 Å². The Morgan fingerprint density at radius 1 is 1.30 bits per heavy atom. The first kappa shape index (κ1) is 14.5. The number of thiophene rings is 1. The summed E-state index contributed by atoms with van der Waals surface area (Å²) in [5, 5.41) is 2.51. The predicted octanol–water partition coefficient (Wildman–Crippen LogP) is 2.83. The molecule has 0 radical (unpaired) electrons. The number of amides is 2. The molecule has 1 aromatic heterocycles. The number of rotatable bonds is 4. The van der Waals surface area contributed by atoms with Crippen LogP contribution in [-0.4, -0.2) is 17.7 Å². The standard InChI is InChI=1S/C13H10ClFN2O2S/c14-6-11(18)17-9-5-10(20-12(9)13(16)19)7-1-3-8(15)4-2-7/h1-5H,6H2,(H2,16,19)(H,17,18). The Hall–Kier alpha value is -1.92. The van der Waals surface area contributed by atoms with Gasteiger partial charge >= 0.3 is 0 Å². The van der Waals surface area contributed by atoms with Crippen LogP contribution >= 0.6 is 22.9 Å². The Kier molecular flexibility index (Phi) is 4.36. The van der Waals surface area contributed by atoms with Crippen molar-refractivity contribution in [2.24, 2.45) is 5.73 Å². The third-order valence-corrected chi connectivity index (χ3v) is 3.92. The first-order valence-corrected chi connectivity index (χ1v) is 6.91. The van der Waals surface area contributed by atoms with Gasteiger partial charge in [0.25, 0.3) is 5.91 Å². The highest BCUT2D eigenvalue weighted by Crippen LogP contribution is 2.34. The molecular weight excluding hydrogens is 303 g/mol. The minimum absolute atomic E-state index is 0.222. The molecule has 0 atom stereocenters. The molecule has 1 aromatic carbocycles. The van der Waals surface area contributed by atoms with Crippen LogP contribution in [0.25, 0.3) is 10.4 Å². The number of hydrogen-bond acceptors (Lipinski definition) is 3. The number of benzene rings is 1. The summed E-state index contributed by atoms with van der Waals surface area (Å²) in [6.45, 7) is 0. The molecule has 0 aliphatic carbocycles. The number of primary amides is 1. The van der Waals surface area contributed by atoms with E-state index in [0.29, 0.717) is 10.6 Å². The van der Waals surface area contributed by atoms with Crippen LogP contribution in [0.15, 0.2) is 30.3 Å². The van der Waals surface area contributed by atoms with Gasteiger partial charge < -0.3 is 11.1 Å². The van der Waals surface area contributed by atoms with Crippen molar-refractivity contribution in [1.29, 1.82) is 0 Å². The fraction of sp³-hybridized carbons (Fsp3) is 0.0769. The van der Waals surface area contributed by atoms with E-state index in [2.05, 4.69) is 5.32 Å². The zero-order valence-electron chi connectivity index (χ0n) is 10.2. The van der Waals surface area contributed by atoms with Crippen LogP contribution in [0.1, 0.15) is 9.67 Å². The molecule has 0 fully saturated rings. The van der Waals surface area contributed by atoms with E-state index in [4.69, 9.17) is 17.3 Å². The van der Waals surface area contributed by atoms with Gasteiger partial charge in [-0.1, -0.05) is 12.1 Å². The maximum Gasteiger partial charge on any atom is 0.260 e. The monoisotopic (exact) mass is 312 g/mol. The number of anilines is 1. The molecule has 2 aromatic rings. The topological polar surface area (TPSA) is 72.2 Å². The number of nitrogens with two attached hydrogens (primary N) is 1. The van der Waals surface area contributed by atoms with E-state index >= 15 is 0 Å². The van der Waals surface area contributed by atoms with Crippen molar-refractivity contribution in [1.82, 2.24) is 0 Å². The van der Waals surface area contributed by atoms with Crippen molar-refractivity contribution in [3.63, 3.8) is 0 Å². The van der Waals surface area contributed by atoms with Crippen molar-refractivity contribution < 1.29 is 14.0 Å². The summed E-state index contributed by atoms with van der Waals surface area (Å²) < 4.78 is 12.9. The van der Waals surface area contributed by atoms with E-state index in [1.165, 1.54) is 12.1 Å². The Bertz CT molecular complexity index is 655. The first-order chi connectivity index (χ1) is 9.51. The van der Waals surface area contributed by atoms with Gasteiger partial charge in [-0.3, -0.25) is 9.59 Å². The fourth-order valence-corrected chi connectivity index (χ4v) is 2.64. The number of alkyl halides is 1. The van der Waals surface area contributed by atoms with Gasteiger partial charge in [0.2, 0.25) is 5.91 Å². The third kappa shape index (κ3) is 3.15. The Morgan fingerprint density at radius 3 is 2.50 bits per heavy atom. The van der Waals surface area contributed by atoms with Crippen molar-refractivity contribution in [2.75, 3.05) is 11.2 Å². The summed E-state index contributed by atoms with van der Waals surface area (Å²) in [6.07, 6.45) is 0. The zero-order chi connectivity index (χ0) is 14.7. The largest absolute Gasteiger partial charge is 0.365 e. The number of carbonyl (C=O) groups excluding carboxylic acids is 2. The lowest BCUT2D eigenvalue weighted by Crippen LogP contribution is -2.16. The van der Waals surface area contributed by atoms with Crippen LogP contribution in [0.3, 0.4) is 0 Å². The van der Waals surface area contributed by atoms with E-state index in [0.717, 1.165) is 16.9 Å². The molecule has 1 heterocycles. The molecule has 7 heteroatoms. The van der Waals surface area contributed by atoms with Crippen molar-refractivity contribution in [3.8, 4) is 10.4 Å². The second-order valence-corrected chi connectivity index (χ2v) is 5.23. The second kappa shape index (κ2) is 6.02. The fourth-order valence-electron chi connectivity index (χ4n) is 1.61. The van der Waals surface area contributed by atoms with Gasteiger partial charge in [-0.05, 0) is 23.8 Å². The average molecular weight is 313 g/mol. The second-order valence-electron chi connectivity index (χ2n) is 3.91. The van der Waals surface area contributed by atoms with Crippen molar-refractivity contribution >= 4 is 40.4 Å². The van der Waals surface area contributed by atoms with Gasteiger partial charge in [0.1, 0.15) is 16.6 Å². The van der Waals surface area contributed by atoms with E-state index in [1.807, 2.05) is 0 Å². The summed E-state index contributed by atoms with van der Waals surface area (Å²) in [4.78, 5) is 23.6. The van der Waals surface area contributed by atoms with Crippen LogP contribution in [0.2, 0.25) is 0 Å². The maximum absolute atomic E-state index is 12.9. The molecule has 0 bridgehead atoms. The number of halogens is 2. The summed E-state index contributed by atoms with van der Waals surface area (Å²) in [7, 11) is 0. The van der Waals surface area contributed by atoms with Crippen molar-refractivity contribution in [2.45, 2.75) is 0 Å². The van der Waals surface area contributed by atoms with Crippen LogP contribution in [-0.2, 0) is 4.79 Å². The quantitative estimate of drug-likeness (QED) is 0.852. The minimum atomic E-state index is -0.645. The lowest BCUT2D eigenvalue weighted by molar-refractivity contribution is -0.113. The maximum atomic E-state index is 12.9. The molecule has 20 heavy (non-hydrogen) atoms. The molecule has 3 N–H and O–H groups in total. The Balaban J connectivity index is 2.40. The smallest absolute Gasteiger partial charge is 0.260 e. The van der Waals surface area contributed by atoms with Gasteiger partial charge in [0.15, 0.2) is 0 Å². The summed E-state index contributed by atoms with van der Waals surface area (Å²) in [5.41, 5.74) is 6.31. The molecule has 0 aliphatic rings. The highest BCUT2D eigenvalue weighted by molar-refractivity contribution is 7.18. The highest BCUT2D eigenvalue weighted by Gasteiger charge is 2.16. The highest BCUT2D eigenvalue weighted by atomic mass is 35.5. The molecule has 0 unspecified atom stereocenters. The van der Waals surface area contributed by atoms with E-state index in [9.17, 15) is 14.0 Å². The number of nitrogens with one attached hydrogen (secondary N) is 1. The van der Waals surface area contributed by atoms with E-state index in [-0.39, 0.29) is 16.6 Å². The van der Waals surface area contributed by atoms with Gasteiger partial charge in [-0.15, -0.1) is 22.9 Å². The molecule has 0 saturated carbocycles. The zero-order valence-corrected chi connectivity index (χ0v) is 11.7. The van der Waals surface area contributed by atoms with E-state index < -0.39 is 11.8 Å². The SMILES string of the molecule is NC(=O)c1sc(-c2ccc(F)cc2)cc1NC(=O)CCl. The van der Waals surface area contributed by atoms with Gasteiger partial charge in [-0.2, -0.15) is 0 Å². The number of carbonyl (C=O) groups is 2. The Labute approximate surface area is 123 Å². The first-order valence-electron chi connectivity index (χ1n) is 5.56. The lowest BCUT2D eigenvalue weighted by Gasteiger charge is -2.00. The van der Waals surface area contributed by atoms with E-state index in [1.54, 1.807) is 18.2 Å². The van der Waals surface area contributed by atoms with Crippen LogP contribution < -0.4 is 11.1 Å². The summed E-state index contributed by atoms with van der Waals surface area (Å²) >= 11 is 6.53. The van der Waals surface area contributed by atoms with Gasteiger partial charge in [-0.25, -0.2) is 4.39 Å². The van der Waals surface area contributed by atoms with Gasteiger partial charge in [0.05, 0.1) is 5.69 Å². The number of hydrogen-bond donors (Lipinski definition) is 2. The van der Waals surface area contributed by atoms with Crippen LogP contribution in [0.4, 0.5) is 10.1 Å². The minimum Gasteiger partial charge on any atom is -0.365 e. The third-order valence-electron chi connectivity index (χ3n) is 2.48. The molecule has 4 nitrogen and oxygen atoms in total. The molecule has 0 aliphatic heterocycles. The lowest BCUT2D eigenvalue weighted by atomic mass is 10.2. The average Bonchev–Trinajstić information content (AvgIpc) is 2.83. The Morgan fingerprint density at radius 2 is 1.95 bits per heavy atom. The van der Waals surface area contributed by atoms with Crippen molar-refractivity contribution in [3.05, 3.63) is 41.0 Å². The molecule has 2 amide bonds. The molecule has 0 saturated heterocycles. The molecule has 2 rings (SSSR count). The van der Waals surface area contributed by atoms with Crippen LogP contribution in [0.5, 0.6) is 0 Å². The van der Waals surface area contributed by atoms with Crippen LogP contribution in [0, 0.1) is 5.82 Å². The summed E-state index contributed by atoms with van der Waals surface area (Å²) in [5.74, 6) is -1.65. The normalized spacial score (nSPS) is 10.3. The summed E-state index contributed by atoms with van der Waals surface area (Å²) in [6, 6.07) is 7.41. The predicted molar refractivity (Wildman–Crippen MR) is 77.6 cm³/mol. The molecular formula is C13H10ClFN2O2S. The molecule has 104 valence electrons. The molecule has 0 spiro atoms.